The van der Waals surface area contributed by atoms with Crippen LogP contribution in [0.5, 0.6) is 0 Å². The minimum absolute atomic E-state index is 0.218. The molecule has 1 aliphatic carbocycles. The fraction of sp³-hybridized carbons (Fsp3) is 0.714. The zero-order chi connectivity index (χ0) is 13.2. The smallest absolute Gasteiger partial charge is 0.219 e. The molecule has 0 N–H and O–H groups in total. The molecule has 1 atom stereocenters. The number of likely N-dealkylation sites (tertiary alicyclic amines) is 1. The fourth-order valence-electron chi connectivity index (χ4n) is 2.99. The van der Waals surface area contributed by atoms with E-state index in [2.05, 4.69) is 15.0 Å². The second-order valence-electron chi connectivity index (χ2n) is 5.66. The van der Waals surface area contributed by atoms with Crippen molar-refractivity contribution in [2.75, 3.05) is 13.1 Å². The van der Waals surface area contributed by atoms with Crippen molar-refractivity contribution in [1.29, 1.82) is 0 Å². The molecule has 5 nitrogen and oxygen atoms in total. The summed E-state index contributed by atoms with van der Waals surface area (Å²) in [5, 5.41) is 3.98. The zero-order valence-corrected chi connectivity index (χ0v) is 11.4. The van der Waals surface area contributed by atoms with Gasteiger partial charge in [0, 0.05) is 38.2 Å². The summed E-state index contributed by atoms with van der Waals surface area (Å²) in [7, 11) is 0. The van der Waals surface area contributed by atoms with Crippen LogP contribution in [0, 0.1) is 0 Å². The third-order valence-corrected chi connectivity index (χ3v) is 4.15. The predicted molar refractivity (Wildman–Crippen MR) is 70.3 cm³/mol. The van der Waals surface area contributed by atoms with Gasteiger partial charge in [0.1, 0.15) is 6.26 Å². The molecule has 1 aromatic rings. The van der Waals surface area contributed by atoms with Gasteiger partial charge in [-0.25, -0.2) is 0 Å². The van der Waals surface area contributed by atoms with Crippen LogP contribution >= 0.6 is 0 Å². The van der Waals surface area contributed by atoms with Crippen LogP contribution in [0.4, 0.5) is 0 Å². The van der Waals surface area contributed by atoms with Crippen molar-refractivity contribution in [3.63, 3.8) is 0 Å². The number of carbonyl (C=O) groups excluding carboxylic acids is 1. The van der Waals surface area contributed by atoms with E-state index in [4.69, 9.17) is 4.52 Å². The Labute approximate surface area is 113 Å². The minimum atomic E-state index is 0.218. The van der Waals surface area contributed by atoms with E-state index in [1.165, 1.54) is 25.7 Å². The van der Waals surface area contributed by atoms with Crippen molar-refractivity contribution in [2.45, 2.75) is 51.2 Å². The molecule has 2 fully saturated rings. The van der Waals surface area contributed by atoms with Crippen molar-refractivity contribution in [1.82, 2.24) is 15.0 Å². The van der Waals surface area contributed by atoms with Gasteiger partial charge in [-0.1, -0.05) is 5.16 Å². The third-order valence-electron chi connectivity index (χ3n) is 4.15. The van der Waals surface area contributed by atoms with Gasteiger partial charge in [0.25, 0.3) is 0 Å². The molecule has 1 unspecified atom stereocenters. The average molecular weight is 263 g/mol. The molecule has 19 heavy (non-hydrogen) atoms. The van der Waals surface area contributed by atoms with Crippen LogP contribution in [-0.4, -0.2) is 46.0 Å². The summed E-state index contributed by atoms with van der Waals surface area (Å²) in [5.74, 6) is 0.218. The van der Waals surface area contributed by atoms with Crippen LogP contribution in [0.3, 0.4) is 0 Å². The minimum Gasteiger partial charge on any atom is -0.364 e. The molecule has 3 rings (SSSR count). The number of nitrogens with zero attached hydrogens (tertiary/aromatic N) is 3. The molecule has 1 saturated heterocycles. The second-order valence-corrected chi connectivity index (χ2v) is 5.66. The van der Waals surface area contributed by atoms with E-state index in [1.54, 1.807) is 13.2 Å². The largest absolute Gasteiger partial charge is 0.364 e. The number of hydrogen-bond donors (Lipinski definition) is 0. The quantitative estimate of drug-likeness (QED) is 0.810. The number of rotatable bonds is 5. The van der Waals surface area contributed by atoms with Gasteiger partial charge in [0.2, 0.25) is 5.91 Å². The zero-order valence-electron chi connectivity index (χ0n) is 11.4. The normalized spacial score (nSPS) is 23.7. The molecule has 2 aliphatic rings. The van der Waals surface area contributed by atoms with Gasteiger partial charge in [-0.15, -0.1) is 0 Å². The summed E-state index contributed by atoms with van der Waals surface area (Å²) in [6.45, 7) is 4.48. The van der Waals surface area contributed by atoms with E-state index in [0.717, 1.165) is 25.3 Å². The maximum Gasteiger partial charge on any atom is 0.219 e. The lowest BCUT2D eigenvalue weighted by atomic mass is 10.2. The van der Waals surface area contributed by atoms with Gasteiger partial charge in [-0.05, 0) is 32.2 Å². The Hall–Kier alpha value is -1.36. The van der Waals surface area contributed by atoms with Gasteiger partial charge in [0.05, 0.1) is 5.69 Å². The highest BCUT2D eigenvalue weighted by atomic mass is 16.5. The molecule has 1 aromatic heterocycles. The van der Waals surface area contributed by atoms with Crippen molar-refractivity contribution in [3.05, 3.63) is 18.0 Å². The summed E-state index contributed by atoms with van der Waals surface area (Å²) >= 11 is 0. The van der Waals surface area contributed by atoms with Gasteiger partial charge in [0.15, 0.2) is 0 Å². The lowest BCUT2D eigenvalue weighted by molar-refractivity contribution is -0.130. The first-order valence-corrected chi connectivity index (χ1v) is 7.14. The molecule has 0 aromatic carbocycles. The number of hydrogen-bond acceptors (Lipinski definition) is 4. The molecule has 5 heteroatoms. The highest BCUT2D eigenvalue weighted by Crippen LogP contribution is 2.29. The maximum atomic E-state index is 11.7. The Kier molecular flexibility index (Phi) is 3.55. The number of amides is 1. The average Bonchev–Trinajstić information content (AvgIpc) is 2.91. The van der Waals surface area contributed by atoms with Gasteiger partial charge < -0.3 is 9.42 Å². The maximum absolute atomic E-state index is 11.7. The Bertz CT molecular complexity index is 428. The highest BCUT2D eigenvalue weighted by molar-refractivity contribution is 5.74. The van der Waals surface area contributed by atoms with Gasteiger partial charge in [-0.2, -0.15) is 0 Å². The van der Waals surface area contributed by atoms with Crippen molar-refractivity contribution in [2.24, 2.45) is 0 Å². The third kappa shape index (κ3) is 2.97. The van der Waals surface area contributed by atoms with E-state index in [9.17, 15) is 4.79 Å². The van der Waals surface area contributed by atoms with E-state index in [0.29, 0.717) is 12.1 Å². The summed E-state index contributed by atoms with van der Waals surface area (Å²) in [6.07, 6.45) is 6.35. The van der Waals surface area contributed by atoms with Crippen molar-refractivity contribution < 1.29 is 9.32 Å². The Morgan fingerprint density at radius 3 is 3.00 bits per heavy atom. The SMILES string of the molecule is CC(=O)N(CC1CCCN1Cc1ccon1)C1CC1. The van der Waals surface area contributed by atoms with Crippen LogP contribution in [0.2, 0.25) is 0 Å². The lowest BCUT2D eigenvalue weighted by Gasteiger charge is -2.30. The molecule has 104 valence electrons. The molecule has 2 heterocycles. The van der Waals surface area contributed by atoms with Crippen molar-refractivity contribution in [3.8, 4) is 0 Å². The summed E-state index contributed by atoms with van der Waals surface area (Å²) in [6, 6.07) is 2.90. The Balaban J connectivity index is 1.60. The van der Waals surface area contributed by atoms with E-state index in [1.807, 2.05) is 6.07 Å². The molecule has 0 bridgehead atoms. The van der Waals surface area contributed by atoms with Crippen LogP contribution in [0.25, 0.3) is 0 Å². The molecular weight excluding hydrogens is 242 g/mol. The molecule has 1 aliphatic heterocycles. The summed E-state index contributed by atoms with van der Waals surface area (Å²) < 4.78 is 4.89. The monoisotopic (exact) mass is 263 g/mol. The molecular formula is C14H21N3O2. The van der Waals surface area contributed by atoms with Crippen LogP contribution in [0.15, 0.2) is 16.9 Å². The van der Waals surface area contributed by atoms with E-state index >= 15 is 0 Å². The summed E-state index contributed by atoms with van der Waals surface area (Å²) in [5.41, 5.74) is 0.979. The first-order valence-electron chi connectivity index (χ1n) is 7.14. The van der Waals surface area contributed by atoms with E-state index < -0.39 is 0 Å². The Morgan fingerprint density at radius 2 is 2.37 bits per heavy atom. The highest BCUT2D eigenvalue weighted by Gasteiger charge is 2.35. The molecule has 1 amide bonds. The molecule has 0 radical (unpaired) electrons. The molecule has 0 spiro atoms. The number of carbonyl (C=O) groups is 1. The van der Waals surface area contributed by atoms with E-state index in [-0.39, 0.29) is 5.91 Å². The van der Waals surface area contributed by atoms with Crippen LogP contribution < -0.4 is 0 Å². The number of aromatic nitrogens is 1. The second kappa shape index (κ2) is 5.33. The predicted octanol–water partition coefficient (Wildman–Crippen LogP) is 1.65. The lowest BCUT2D eigenvalue weighted by Crippen LogP contribution is -2.43. The first kappa shape index (κ1) is 12.7. The first-order chi connectivity index (χ1) is 9.24. The van der Waals surface area contributed by atoms with Crippen LogP contribution in [0.1, 0.15) is 38.3 Å². The van der Waals surface area contributed by atoms with Crippen molar-refractivity contribution >= 4 is 5.91 Å². The van der Waals surface area contributed by atoms with Crippen LogP contribution in [-0.2, 0) is 11.3 Å². The Morgan fingerprint density at radius 1 is 1.53 bits per heavy atom. The fourth-order valence-corrected chi connectivity index (χ4v) is 2.99. The van der Waals surface area contributed by atoms with Gasteiger partial charge >= 0.3 is 0 Å². The standard InChI is InChI=1S/C14H21N3O2/c1-11(18)17(13-4-5-13)10-14-3-2-7-16(14)9-12-6-8-19-15-12/h6,8,13-14H,2-5,7,9-10H2,1H3. The molecule has 1 saturated carbocycles. The van der Waals surface area contributed by atoms with Gasteiger partial charge in [-0.3, -0.25) is 9.69 Å². The summed E-state index contributed by atoms with van der Waals surface area (Å²) in [4.78, 5) is 16.2. The topological polar surface area (TPSA) is 49.6 Å².